The number of pyridine rings is 1. The first-order valence-electron chi connectivity index (χ1n) is 12.0. The lowest BCUT2D eigenvalue weighted by Gasteiger charge is -2.07. The predicted octanol–water partition coefficient (Wildman–Crippen LogP) is 7.31. The number of hydrogen-bond donors (Lipinski definition) is 0. The summed E-state index contributed by atoms with van der Waals surface area (Å²) in [5, 5.41) is 6.91. The zero-order valence-corrected chi connectivity index (χ0v) is 17.8. The molecule has 2 heterocycles. The molecule has 2 heteroatoms. The fraction of sp³-hybridized carbons (Fsp3) is 0.138. The van der Waals surface area contributed by atoms with Crippen LogP contribution in [0.1, 0.15) is 20.8 Å². The summed E-state index contributed by atoms with van der Waals surface area (Å²) in [4.78, 5) is 0. The van der Waals surface area contributed by atoms with Gasteiger partial charge < -0.3 is 4.42 Å². The van der Waals surface area contributed by atoms with Gasteiger partial charge in [0.2, 0.25) is 5.69 Å². The highest BCUT2D eigenvalue weighted by Crippen LogP contribution is 2.39. The van der Waals surface area contributed by atoms with Crippen LogP contribution >= 0.6 is 0 Å². The largest absolute Gasteiger partial charge is 0.455 e. The second-order valence-electron chi connectivity index (χ2n) is 8.46. The quantitative estimate of drug-likeness (QED) is 0.207. The minimum absolute atomic E-state index is 0.367. The van der Waals surface area contributed by atoms with Crippen LogP contribution in [0.5, 0.6) is 0 Å². The van der Waals surface area contributed by atoms with E-state index in [1.807, 2.05) is 24.6 Å². The Kier molecular flexibility index (Phi) is 3.15. The van der Waals surface area contributed by atoms with Crippen molar-refractivity contribution in [1.29, 1.82) is 0 Å². The predicted molar refractivity (Wildman–Crippen MR) is 130 cm³/mol. The van der Waals surface area contributed by atoms with Crippen LogP contribution in [0.25, 0.3) is 54.7 Å². The van der Waals surface area contributed by atoms with E-state index >= 15 is 0 Å². The van der Waals surface area contributed by atoms with Gasteiger partial charge in [-0.15, -0.1) is 0 Å². The second kappa shape index (κ2) is 6.42. The number of rotatable bonds is 1. The number of aryl methyl sites for hydroxylation is 4. The van der Waals surface area contributed by atoms with Crippen LogP contribution in [0.2, 0.25) is 0 Å². The van der Waals surface area contributed by atoms with Crippen molar-refractivity contribution in [2.24, 2.45) is 7.05 Å². The van der Waals surface area contributed by atoms with Crippen molar-refractivity contribution < 1.29 is 13.1 Å². The van der Waals surface area contributed by atoms with Crippen LogP contribution < -0.4 is 4.57 Å². The molecule has 0 radical (unpaired) electrons. The molecule has 31 heavy (non-hydrogen) atoms. The first-order valence-corrected chi connectivity index (χ1v) is 10.5. The van der Waals surface area contributed by atoms with Gasteiger partial charge in [0.05, 0.1) is 5.56 Å². The number of aromatic nitrogens is 1. The van der Waals surface area contributed by atoms with Crippen molar-refractivity contribution >= 4 is 43.5 Å². The fourth-order valence-corrected chi connectivity index (χ4v) is 4.76. The van der Waals surface area contributed by atoms with Gasteiger partial charge in [0, 0.05) is 26.5 Å². The standard InChI is InChI=1S/C29H24NO/c1-17-9-12-23-25-14-21-11-10-20-7-5-6-8-22(20)24(21)15-27(25)31-29(23)28(17)26-13-18(2)19(3)16-30(26)4/h5-16H,1-4H3/q+1/i3D3. The monoisotopic (exact) mass is 405 g/mol. The molecule has 6 rings (SSSR count). The summed E-state index contributed by atoms with van der Waals surface area (Å²) >= 11 is 0. The highest BCUT2D eigenvalue weighted by molar-refractivity contribution is 6.17. The Bertz CT molecular complexity index is 1780. The zero-order chi connectivity index (χ0) is 23.8. The zero-order valence-electron chi connectivity index (χ0n) is 20.8. The highest BCUT2D eigenvalue weighted by atomic mass is 16.3. The summed E-state index contributed by atoms with van der Waals surface area (Å²) in [6, 6.07) is 23.3. The first kappa shape index (κ1) is 15.2. The van der Waals surface area contributed by atoms with Gasteiger partial charge in [0.15, 0.2) is 6.20 Å². The van der Waals surface area contributed by atoms with E-state index in [2.05, 4.69) is 67.6 Å². The molecule has 0 bridgehead atoms. The van der Waals surface area contributed by atoms with Gasteiger partial charge in [0.25, 0.3) is 0 Å². The smallest absolute Gasteiger partial charge is 0.216 e. The van der Waals surface area contributed by atoms with Crippen molar-refractivity contribution in [2.75, 3.05) is 0 Å². The molecule has 0 fully saturated rings. The third-order valence-electron chi connectivity index (χ3n) is 6.45. The third kappa shape index (κ3) is 2.61. The Labute approximate surface area is 185 Å². The van der Waals surface area contributed by atoms with Crippen molar-refractivity contribution in [3.8, 4) is 11.3 Å². The van der Waals surface area contributed by atoms with Gasteiger partial charge in [-0.3, -0.25) is 0 Å². The average molecular weight is 406 g/mol. The Hall–Kier alpha value is -3.65. The molecule has 0 atom stereocenters. The molecule has 4 aromatic carbocycles. The molecule has 150 valence electrons. The lowest BCUT2D eigenvalue weighted by atomic mass is 9.97. The lowest BCUT2D eigenvalue weighted by molar-refractivity contribution is -0.660. The van der Waals surface area contributed by atoms with Crippen molar-refractivity contribution in [3.05, 3.63) is 89.6 Å². The van der Waals surface area contributed by atoms with E-state index in [4.69, 9.17) is 8.53 Å². The van der Waals surface area contributed by atoms with E-state index in [9.17, 15) is 0 Å². The van der Waals surface area contributed by atoms with Gasteiger partial charge >= 0.3 is 0 Å². The molecule has 0 aliphatic rings. The molecule has 6 aromatic rings. The van der Waals surface area contributed by atoms with E-state index < -0.39 is 6.85 Å². The van der Waals surface area contributed by atoms with E-state index in [1.54, 1.807) is 6.20 Å². The van der Waals surface area contributed by atoms with Crippen LogP contribution in [0.15, 0.2) is 77.3 Å². The Morgan fingerprint density at radius 3 is 2.45 bits per heavy atom. The fourth-order valence-electron chi connectivity index (χ4n) is 4.76. The summed E-state index contributed by atoms with van der Waals surface area (Å²) in [5.74, 6) is 0. The maximum Gasteiger partial charge on any atom is 0.216 e. The number of hydrogen-bond acceptors (Lipinski definition) is 1. The summed E-state index contributed by atoms with van der Waals surface area (Å²) in [7, 11) is 1.89. The Morgan fingerprint density at radius 2 is 1.58 bits per heavy atom. The molecule has 2 nitrogen and oxygen atoms in total. The molecule has 0 aliphatic carbocycles. The maximum atomic E-state index is 7.86. The van der Waals surface area contributed by atoms with Crippen molar-refractivity contribution in [1.82, 2.24) is 0 Å². The minimum Gasteiger partial charge on any atom is -0.455 e. The molecule has 0 unspecified atom stereocenters. The molecule has 2 aromatic heterocycles. The number of fused-ring (bicyclic) bond motifs is 6. The summed E-state index contributed by atoms with van der Waals surface area (Å²) in [5.41, 5.74) is 5.80. The average Bonchev–Trinajstić information content (AvgIpc) is 3.15. The minimum atomic E-state index is -2.15. The molecule has 0 N–H and O–H groups in total. The van der Waals surface area contributed by atoms with Crippen molar-refractivity contribution in [2.45, 2.75) is 20.7 Å². The number of nitrogens with zero attached hydrogens (tertiary/aromatic N) is 1. The van der Waals surface area contributed by atoms with Crippen LogP contribution in [-0.4, -0.2) is 0 Å². The molecule has 0 saturated carbocycles. The molecule has 0 spiro atoms. The lowest BCUT2D eigenvalue weighted by Crippen LogP contribution is -2.31. The van der Waals surface area contributed by atoms with Crippen LogP contribution in [0.3, 0.4) is 0 Å². The van der Waals surface area contributed by atoms with Gasteiger partial charge in [-0.05, 0) is 65.5 Å². The highest BCUT2D eigenvalue weighted by Gasteiger charge is 2.21. The van der Waals surface area contributed by atoms with E-state index in [0.717, 1.165) is 44.3 Å². The maximum absolute atomic E-state index is 7.86. The van der Waals surface area contributed by atoms with E-state index in [1.165, 1.54) is 21.5 Å². The van der Waals surface area contributed by atoms with Gasteiger partial charge in [-0.2, -0.15) is 0 Å². The molecule has 0 aliphatic heterocycles. The Morgan fingerprint density at radius 1 is 0.742 bits per heavy atom. The molecular weight excluding hydrogens is 378 g/mol. The summed E-state index contributed by atoms with van der Waals surface area (Å²) < 4.78 is 32.0. The molecule has 0 saturated heterocycles. The first-order chi connectivity index (χ1) is 16.2. The van der Waals surface area contributed by atoms with Crippen LogP contribution in [-0.2, 0) is 7.05 Å². The van der Waals surface area contributed by atoms with E-state index in [-0.39, 0.29) is 0 Å². The van der Waals surface area contributed by atoms with Gasteiger partial charge in [-0.1, -0.05) is 48.5 Å². The van der Waals surface area contributed by atoms with E-state index in [0.29, 0.717) is 5.56 Å². The topological polar surface area (TPSA) is 17.0 Å². The Balaban J connectivity index is 1.67. The number of benzene rings is 4. The van der Waals surface area contributed by atoms with Crippen LogP contribution in [0.4, 0.5) is 0 Å². The number of furan rings is 1. The summed E-state index contributed by atoms with van der Waals surface area (Å²) in [6.07, 6.45) is 1.72. The normalized spacial score (nSPS) is 13.7. The third-order valence-corrected chi connectivity index (χ3v) is 6.45. The summed E-state index contributed by atoms with van der Waals surface area (Å²) in [6.45, 7) is 1.78. The molecule has 0 amide bonds. The van der Waals surface area contributed by atoms with Gasteiger partial charge in [-0.25, -0.2) is 4.57 Å². The van der Waals surface area contributed by atoms with Crippen molar-refractivity contribution in [3.63, 3.8) is 0 Å². The van der Waals surface area contributed by atoms with Crippen LogP contribution in [0, 0.1) is 20.7 Å². The second-order valence-corrected chi connectivity index (χ2v) is 8.46. The van der Waals surface area contributed by atoms with Gasteiger partial charge in [0.1, 0.15) is 18.2 Å². The SMILES string of the molecule is [2H]C([2H])([2H])c1c[n+](C)c(-c2c(C)ccc3c2oc2cc4c(ccc5ccccc54)cc23)cc1C. The molecular formula is C29H24NO+.